The highest BCUT2D eigenvalue weighted by atomic mass is 32.2. The number of hydrogen-bond donors (Lipinski definition) is 3. The molecule has 8 nitrogen and oxygen atoms in total. The van der Waals surface area contributed by atoms with Crippen LogP contribution in [-0.4, -0.2) is 30.9 Å². The molecule has 0 amide bonds. The highest BCUT2D eigenvalue weighted by molar-refractivity contribution is 8.00. The van der Waals surface area contributed by atoms with E-state index in [1.165, 1.54) is 17.8 Å². The summed E-state index contributed by atoms with van der Waals surface area (Å²) in [7, 11) is -3.98. The van der Waals surface area contributed by atoms with Crippen molar-refractivity contribution in [2.45, 2.75) is 23.5 Å². The summed E-state index contributed by atoms with van der Waals surface area (Å²) in [5.74, 6) is 5.17. The summed E-state index contributed by atoms with van der Waals surface area (Å²) in [6.45, 7) is 3.90. The Morgan fingerprint density at radius 2 is 2.05 bits per heavy atom. The summed E-state index contributed by atoms with van der Waals surface area (Å²) in [5.41, 5.74) is 1.97. The van der Waals surface area contributed by atoms with Crippen molar-refractivity contribution in [1.29, 1.82) is 0 Å². The average Bonchev–Trinajstić information content (AvgIpc) is 2.44. The molecule has 0 heterocycles. The number of hydrazine groups is 1. The van der Waals surface area contributed by atoms with Gasteiger partial charge in [0.1, 0.15) is 0 Å². The molecule has 0 aliphatic rings. The highest BCUT2D eigenvalue weighted by Crippen LogP contribution is 2.27. The van der Waals surface area contributed by atoms with E-state index in [0.717, 1.165) is 12.1 Å². The van der Waals surface area contributed by atoms with Crippen molar-refractivity contribution in [1.82, 2.24) is 4.72 Å². The van der Waals surface area contributed by atoms with Crippen LogP contribution in [0, 0.1) is 10.1 Å². The van der Waals surface area contributed by atoms with Crippen molar-refractivity contribution >= 4 is 33.2 Å². The van der Waals surface area contributed by atoms with Gasteiger partial charge in [0.15, 0.2) is 4.90 Å². The summed E-state index contributed by atoms with van der Waals surface area (Å²) in [6, 6.07) is 3.59. The van der Waals surface area contributed by atoms with Crippen LogP contribution in [-0.2, 0) is 10.0 Å². The molecule has 0 saturated carbocycles. The standard InChI is InChI=1S/C11H18N4O4S2/c1-11(2,20-3)7-13-21(18,19)10-5-4-8(14-12)6-9(10)15(16)17/h4-6,13-14H,7,12H2,1-3H3. The normalized spacial score (nSPS) is 12.2. The van der Waals surface area contributed by atoms with Gasteiger partial charge in [-0.1, -0.05) is 0 Å². The second-order valence-corrected chi connectivity index (χ2v) is 8.12. The van der Waals surface area contributed by atoms with Crippen molar-refractivity contribution in [3.63, 3.8) is 0 Å². The van der Waals surface area contributed by atoms with Crippen LogP contribution in [0.15, 0.2) is 23.1 Å². The Bertz CT molecular complexity index is 631. The van der Waals surface area contributed by atoms with Crippen LogP contribution < -0.4 is 16.0 Å². The van der Waals surface area contributed by atoms with Gasteiger partial charge in [0.05, 0.1) is 10.6 Å². The largest absolute Gasteiger partial charge is 0.324 e. The predicted molar refractivity (Wildman–Crippen MR) is 83.7 cm³/mol. The zero-order valence-corrected chi connectivity index (χ0v) is 13.5. The number of nitro groups is 1. The van der Waals surface area contributed by atoms with Gasteiger partial charge >= 0.3 is 0 Å². The monoisotopic (exact) mass is 334 g/mol. The lowest BCUT2D eigenvalue weighted by molar-refractivity contribution is -0.387. The van der Waals surface area contributed by atoms with Gasteiger partial charge in [-0.2, -0.15) is 11.8 Å². The number of benzene rings is 1. The number of nitrogens with two attached hydrogens (primary N) is 1. The molecule has 0 unspecified atom stereocenters. The molecule has 0 saturated heterocycles. The molecule has 0 radical (unpaired) electrons. The van der Waals surface area contributed by atoms with E-state index in [0.29, 0.717) is 0 Å². The quantitative estimate of drug-likeness (QED) is 0.389. The smallest absolute Gasteiger partial charge is 0.291 e. The SMILES string of the molecule is CSC(C)(C)CNS(=O)(=O)c1ccc(NN)cc1[N+](=O)[O-]. The van der Waals surface area contributed by atoms with E-state index in [4.69, 9.17) is 5.84 Å². The fraction of sp³-hybridized carbons (Fsp3) is 0.455. The first-order valence-corrected chi connectivity index (χ1v) is 8.63. The second kappa shape index (κ2) is 6.60. The molecule has 1 rings (SSSR count). The Hall–Kier alpha value is -1.36. The van der Waals surface area contributed by atoms with Crippen molar-refractivity contribution in [2.24, 2.45) is 5.84 Å². The van der Waals surface area contributed by atoms with Gasteiger partial charge in [0, 0.05) is 17.4 Å². The number of nitrogens with one attached hydrogen (secondary N) is 2. The number of hydrogen-bond acceptors (Lipinski definition) is 7. The van der Waals surface area contributed by atoms with E-state index in [-0.39, 0.29) is 21.9 Å². The molecule has 118 valence electrons. The third-order valence-electron chi connectivity index (χ3n) is 2.85. The molecule has 0 aliphatic carbocycles. The molecular formula is C11H18N4O4S2. The topological polar surface area (TPSA) is 127 Å². The van der Waals surface area contributed by atoms with E-state index in [1.54, 1.807) is 0 Å². The summed E-state index contributed by atoms with van der Waals surface area (Å²) in [4.78, 5) is 9.89. The summed E-state index contributed by atoms with van der Waals surface area (Å²) in [6.07, 6.45) is 1.86. The number of sulfonamides is 1. The number of thioether (sulfide) groups is 1. The predicted octanol–water partition coefficient (Wildman–Crippen LogP) is 1.30. The zero-order chi connectivity index (χ0) is 16.3. The van der Waals surface area contributed by atoms with Crippen molar-refractivity contribution in [3.8, 4) is 0 Å². The number of nitro benzene ring substituents is 1. The fourth-order valence-corrected chi connectivity index (χ4v) is 3.07. The van der Waals surface area contributed by atoms with Gasteiger partial charge in [0.2, 0.25) is 10.0 Å². The van der Waals surface area contributed by atoms with Crippen LogP contribution in [0.25, 0.3) is 0 Å². The number of nitrogens with zero attached hydrogens (tertiary/aromatic N) is 1. The highest BCUT2D eigenvalue weighted by Gasteiger charge is 2.28. The van der Waals surface area contributed by atoms with Crippen molar-refractivity contribution in [2.75, 3.05) is 18.2 Å². The maximum absolute atomic E-state index is 12.2. The van der Waals surface area contributed by atoms with E-state index >= 15 is 0 Å². The van der Waals surface area contributed by atoms with Gasteiger partial charge in [-0.25, -0.2) is 13.1 Å². The molecule has 0 bridgehead atoms. The molecule has 21 heavy (non-hydrogen) atoms. The van der Waals surface area contributed by atoms with E-state index in [2.05, 4.69) is 10.1 Å². The molecule has 0 spiro atoms. The number of nitrogen functional groups attached to an aromatic ring is 1. The maximum atomic E-state index is 12.2. The van der Waals surface area contributed by atoms with Gasteiger partial charge in [-0.15, -0.1) is 0 Å². The molecule has 1 aromatic rings. The minimum atomic E-state index is -3.98. The van der Waals surface area contributed by atoms with Crippen molar-refractivity contribution < 1.29 is 13.3 Å². The first kappa shape index (κ1) is 17.7. The van der Waals surface area contributed by atoms with E-state index in [1.807, 2.05) is 20.1 Å². The Labute approximate surface area is 127 Å². The lowest BCUT2D eigenvalue weighted by atomic mass is 10.2. The lowest BCUT2D eigenvalue weighted by Crippen LogP contribution is -2.36. The van der Waals surface area contributed by atoms with Crippen LogP contribution in [0.2, 0.25) is 0 Å². The fourth-order valence-electron chi connectivity index (χ4n) is 1.40. The third kappa shape index (κ3) is 4.56. The summed E-state index contributed by atoms with van der Waals surface area (Å²) < 4.78 is 26.6. The molecule has 10 heteroatoms. The molecule has 0 aliphatic heterocycles. The van der Waals surface area contributed by atoms with Crippen LogP contribution in [0.3, 0.4) is 0 Å². The number of rotatable bonds is 7. The average molecular weight is 334 g/mol. The molecule has 0 fully saturated rings. The van der Waals surface area contributed by atoms with Gasteiger partial charge < -0.3 is 5.43 Å². The molecule has 0 aromatic heterocycles. The van der Waals surface area contributed by atoms with Gasteiger partial charge in [-0.3, -0.25) is 16.0 Å². The summed E-state index contributed by atoms with van der Waals surface area (Å²) >= 11 is 1.49. The van der Waals surface area contributed by atoms with Crippen LogP contribution in [0.5, 0.6) is 0 Å². The number of anilines is 1. The minimum Gasteiger partial charge on any atom is -0.324 e. The first-order valence-electron chi connectivity index (χ1n) is 5.93. The Balaban J connectivity index is 3.16. The van der Waals surface area contributed by atoms with Crippen LogP contribution >= 0.6 is 11.8 Å². The first-order chi connectivity index (χ1) is 9.63. The molecule has 1 aromatic carbocycles. The molecular weight excluding hydrogens is 316 g/mol. The molecule has 4 N–H and O–H groups in total. The Morgan fingerprint density at radius 1 is 1.43 bits per heavy atom. The lowest BCUT2D eigenvalue weighted by Gasteiger charge is -2.22. The third-order valence-corrected chi connectivity index (χ3v) is 5.55. The van der Waals surface area contributed by atoms with E-state index < -0.39 is 20.6 Å². The minimum absolute atomic E-state index is 0.157. The molecule has 0 atom stereocenters. The zero-order valence-electron chi connectivity index (χ0n) is 11.9. The van der Waals surface area contributed by atoms with Gasteiger partial charge in [-0.05, 0) is 32.2 Å². The Morgan fingerprint density at radius 3 is 2.52 bits per heavy atom. The van der Waals surface area contributed by atoms with E-state index in [9.17, 15) is 18.5 Å². The van der Waals surface area contributed by atoms with Crippen LogP contribution in [0.1, 0.15) is 13.8 Å². The van der Waals surface area contributed by atoms with Crippen molar-refractivity contribution in [3.05, 3.63) is 28.3 Å². The van der Waals surface area contributed by atoms with Gasteiger partial charge in [0.25, 0.3) is 5.69 Å². The Kier molecular flexibility index (Phi) is 5.56. The van der Waals surface area contributed by atoms with Crippen LogP contribution in [0.4, 0.5) is 11.4 Å². The summed E-state index contributed by atoms with van der Waals surface area (Å²) in [5, 5.41) is 11.0. The second-order valence-electron chi connectivity index (χ2n) is 4.87. The maximum Gasteiger partial charge on any atom is 0.291 e.